The van der Waals surface area contributed by atoms with Gasteiger partial charge in [-0.15, -0.1) is 0 Å². The fourth-order valence-corrected chi connectivity index (χ4v) is 2.91. The molecule has 0 fully saturated rings. The van der Waals surface area contributed by atoms with Crippen molar-refractivity contribution in [2.45, 2.75) is 11.8 Å². The molecular formula is C15H13F2NO4S. The first-order chi connectivity index (χ1) is 10.8. The van der Waals surface area contributed by atoms with E-state index in [1.165, 1.54) is 24.3 Å². The van der Waals surface area contributed by atoms with Gasteiger partial charge in [-0.05, 0) is 43.3 Å². The molecule has 0 unspecified atom stereocenters. The molecule has 0 spiro atoms. The van der Waals surface area contributed by atoms with Gasteiger partial charge in [-0.3, -0.25) is 4.72 Å². The van der Waals surface area contributed by atoms with Gasteiger partial charge in [0, 0.05) is 11.8 Å². The molecule has 2 aromatic carbocycles. The zero-order valence-electron chi connectivity index (χ0n) is 12.0. The van der Waals surface area contributed by atoms with Crippen molar-refractivity contribution in [2.24, 2.45) is 0 Å². The molecule has 2 rings (SSSR count). The monoisotopic (exact) mass is 341 g/mol. The Kier molecular flexibility index (Phi) is 4.95. The Bertz CT molecular complexity index is 820. The van der Waals surface area contributed by atoms with Crippen LogP contribution in [0.5, 0.6) is 0 Å². The Morgan fingerprint density at radius 2 is 1.78 bits per heavy atom. The molecule has 0 radical (unpaired) electrons. The first-order valence-corrected chi connectivity index (χ1v) is 8.07. The van der Waals surface area contributed by atoms with E-state index in [-0.39, 0.29) is 17.9 Å². The zero-order valence-corrected chi connectivity index (χ0v) is 12.9. The number of carbonyl (C=O) groups is 1. The van der Waals surface area contributed by atoms with Crippen LogP contribution in [-0.2, 0) is 14.8 Å². The Morgan fingerprint density at radius 3 is 2.35 bits per heavy atom. The molecule has 122 valence electrons. The van der Waals surface area contributed by atoms with Crippen molar-refractivity contribution in [1.82, 2.24) is 0 Å². The topological polar surface area (TPSA) is 72.5 Å². The number of halogens is 2. The molecule has 0 amide bonds. The lowest BCUT2D eigenvalue weighted by molar-refractivity contribution is 0.0526. The molecular weight excluding hydrogens is 328 g/mol. The lowest BCUT2D eigenvalue weighted by atomic mass is 10.2. The van der Waals surface area contributed by atoms with E-state index in [9.17, 15) is 22.0 Å². The molecule has 0 bridgehead atoms. The molecule has 0 aromatic heterocycles. The average Bonchev–Trinajstić information content (AvgIpc) is 2.47. The highest BCUT2D eigenvalue weighted by molar-refractivity contribution is 7.92. The van der Waals surface area contributed by atoms with Crippen molar-refractivity contribution < 1.29 is 26.7 Å². The molecule has 0 aliphatic rings. The third-order valence-corrected chi connectivity index (χ3v) is 4.25. The fourth-order valence-electron chi connectivity index (χ4n) is 1.79. The molecule has 5 nitrogen and oxygen atoms in total. The summed E-state index contributed by atoms with van der Waals surface area (Å²) in [5, 5.41) is 0. The van der Waals surface area contributed by atoms with E-state index in [2.05, 4.69) is 4.72 Å². The maximum absolute atomic E-state index is 13.6. The third-order valence-electron chi connectivity index (χ3n) is 2.83. The molecule has 0 aliphatic heterocycles. The Labute approximate surface area is 132 Å². The van der Waals surface area contributed by atoms with Gasteiger partial charge in [0.2, 0.25) is 0 Å². The standard InChI is InChI=1S/C15H13F2NO4S/c1-2-22-15(19)10-3-6-12(7-4-10)18-23(20,21)14-8-5-11(16)9-13(14)17/h3-9,18H,2H2,1H3. The van der Waals surface area contributed by atoms with Crippen molar-refractivity contribution in [3.8, 4) is 0 Å². The third kappa shape index (κ3) is 4.04. The normalized spacial score (nSPS) is 11.1. The van der Waals surface area contributed by atoms with Gasteiger partial charge in [0.1, 0.15) is 16.5 Å². The SMILES string of the molecule is CCOC(=O)c1ccc(NS(=O)(=O)c2ccc(F)cc2F)cc1. The molecule has 1 N–H and O–H groups in total. The summed E-state index contributed by atoms with van der Waals surface area (Å²) in [6.07, 6.45) is 0. The number of anilines is 1. The van der Waals surface area contributed by atoms with Crippen LogP contribution in [0.15, 0.2) is 47.4 Å². The minimum Gasteiger partial charge on any atom is -0.462 e. The average molecular weight is 341 g/mol. The van der Waals surface area contributed by atoms with E-state index >= 15 is 0 Å². The quantitative estimate of drug-likeness (QED) is 0.849. The van der Waals surface area contributed by atoms with E-state index in [0.717, 1.165) is 12.1 Å². The molecule has 0 aliphatic carbocycles. The molecule has 0 heterocycles. The zero-order chi connectivity index (χ0) is 17.0. The van der Waals surface area contributed by atoms with Gasteiger partial charge in [-0.25, -0.2) is 22.0 Å². The van der Waals surface area contributed by atoms with Gasteiger partial charge >= 0.3 is 5.97 Å². The second kappa shape index (κ2) is 6.74. The summed E-state index contributed by atoms with van der Waals surface area (Å²) < 4.78 is 57.6. The number of carbonyl (C=O) groups excluding carboxylic acids is 1. The van der Waals surface area contributed by atoms with E-state index in [4.69, 9.17) is 4.74 Å². The first kappa shape index (κ1) is 16.9. The second-order valence-electron chi connectivity index (χ2n) is 4.48. The van der Waals surface area contributed by atoms with Gasteiger partial charge in [-0.2, -0.15) is 0 Å². The molecule has 2 aromatic rings. The van der Waals surface area contributed by atoms with Gasteiger partial charge in [0.15, 0.2) is 0 Å². The number of benzene rings is 2. The summed E-state index contributed by atoms with van der Waals surface area (Å²) in [6, 6.07) is 7.59. The van der Waals surface area contributed by atoms with Gasteiger partial charge in [-0.1, -0.05) is 0 Å². The highest BCUT2D eigenvalue weighted by Crippen LogP contribution is 2.20. The van der Waals surface area contributed by atoms with Crippen LogP contribution in [0.1, 0.15) is 17.3 Å². The van der Waals surface area contributed by atoms with Gasteiger partial charge in [0.25, 0.3) is 10.0 Å². The summed E-state index contributed by atoms with van der Waals surface area (Å²) in [5.41, 5.74) is 0.379. The fraction of sp³-hybridized carbons (Fsp3) is 0.133. The van der Waals surface area contributed by atoms with Crippen molar-refractivity contribution in [3.63, 3.8) is 0 Å². The van der Waals surface area contributed by atoms with Crippen molar-refractivity contribution in [2.75, 3.05) is 11.3 Å². The number of nitrogens with one attached hydrogen (secondary N) is 1. The molecule has 0 saturated heterocycles. The number of ether oxygens (including phenoxy) is 1. The maximum atomic E-state index is 13.6. The Balaban J connectivity index is 2.22. The number of hydrogen-bond acceptors (Lipinski definition) is 4. The van der Waals surface area contributed by atoms with Crippen molar-refractivity contribution >= 4 is 21.7 Å². The van der Waals surface area contributed by atoms with E-state index in [1.807, 2.05) is 0 Å². The summed E-state index contributed by atoms with van der Waals surface area (Å²) in [7, 11) is -4.21. The van der Waals surface area contributed by atoms with E-state index < -0.39 is 32.5 Å². The smallest absolute Gasteiger partial charge is 0.338 e. The van der Waals surface area contributed by atoms with Gasteiger partial charge in [0.05, 0.1) is 12.2 Å². The van der Waals surface area contributed by atoms with Crippen LogP contribution >= 0.6 is 0 Å². The number of rotatable bonds is 5. The van der Waals surface area contributed by atoms with Crippen LogP contribution in [0.2, 0.25) is 0 Å². The minimum absolute atomic E-state index is 0.127. The second-order valence-corrected chi connectivity index (χ2v) is 6.13. The van der Waals surface area contributed by atoms with Crippen molar-refractivity contribution in [3.05, 3.63) is 59.7 Å². The van der Waals surface area contributed by atoms with Crippen LogP contribution in [0.3, 0.4) is 0 Å². The summed E-state index contributed by atoms with van der Waals surface area (Å²) in [6.45, 7) is 1.88. The number of esters is 1. The van der Waals surface area contributed by atoms with E-state index in [1.54, 1.807) is 6.92 Å². The van der Waals surface area contributed by atoms with Crippen LogP contribution < -0.4 is 4.72 Å². The summed E-state index contributed by atoms with van der Waals surface area (Å²) >= 11 is 0. The molecule has 0 saturated carbocycles. The van der Waals surface area contributed by atoms with Crippen LogP contribution in [0, 0.1) is 11.6 Å². The summed E-state index contributed by atoms with van der Waals surface area (Å²) in [5.74, 6) is -2.60. The van der Waals surface area contributed by atoms with Crippen molar-refractivity contribution in [1.29, 1.82) is 0 Å². The molecule has 0 atom stereocenters. The molecule has 8 heteroatoms. The first-order valence-electron chi connectivity index (χ1n) is 6.58. The molecule has 23 heavy (non-hydrogen) atoms. The highest BCUT2D eigenvalue weighted by atomic mass is 32.2. The number of sulfonamides is 1. The Morgan fingerprint density at radius 1 is 1.13 bits per heavy atom. The van der Waals surface area contributed by atoms with Gasteiger partial charge < -0.3 is 4.74 Å². The maximum Gasteiger partial charge on any atom is 0.338 e. The van der Waals surface area contributed by atoms with Crippen LogP contribution in [0.25, 0.3) is 0 Å². The predicted octanol–water partition coefficient (Wildman–Crippen LogP) is 2.94. The number of hydrogen-bond donors (Lipinski definition) is 1. The summed E-state index contributed by atoms with van der Waals surface area (Å²) in [4.78, 5) is 10.8. The van der Waals surface area contributed by atoms with E-state index in [0.29, 0.717) is 6.07 Å². The predicted molar refractivity (Wildman–Crippen MR) is 79.6 cm³/mol. The largest absolute Gasteiger partial charge is 0.462 e. The minimum atomic E-state index is -4.21. The highest BCUT2D eigenvalue weighted by Gasteiger charge is 2.19. The lowest BCUT2D eigenvalue weighted by Gasteiger charge is -2.09. The Hall–Kier alpha value is -2.48. The lowest BCUT2D eigenvalue weighted by Crippen LogP contribution is -2.15. The van der Waals surface area contributed by atoms with Crippen LogP contribution in [0.4, 0.5) is 14.5 Å². The van der Waals surface area contributed by atoms with Crippen LogP contribution in [-0.4, -0.2) is 21.0 Å².